The van der Waals surface area contributed by atoms with Gasteiger partial charge in [-0.25, -0.2) is 24.4 Å². The van der Waals surface area contributed by atoms with Gasteiger partial charge in [-0.05, 0) is 51.0 Å². The van der Waals surface area contributed by atoms with Gasteiger partial charge in [0.05, 0.1) is 24.9 Å². The number of aliphatic hydroxyl groups is 1. The summed E-state index contributed by atoms with van der Waals surface area (Å²) in [6.45, 7) is 2.62. The van der Waals surface area contributed by atoms with E-state index in [0.717, 1.165) is 10.8 Å². The number of hydrogen-bond donors (Lipinski definition) is 3. The van der Waals surface area contributed by atoms with E-state index in [0.29, 0.717) is 28.6 Å². The molecule has 2 aromatic carbocycles. The van der Waals surface area contributed by atoms with Crippen molar-refractivity contribution in [1.82, 2.24) is 24.6 Å². The predicted octanol–water partition coefficient (Wildman–Crippen LogP) is 4.78. The molecule has 45 heavy (non-hydrogen) atoms. The fourth-order valence-electron chi connectivity index (χ4n) is 5.00. The highest BCUT2D eigenvalue weighted by atomic mass is 35.5. The van der Waals surface area contributed by atoms with Gasteiger partial charge in [-0.3, -0.25) is 9.36 Å². The van der Waals surface area contributed by atoms with E-state index in [2.05, 4.69) is 25.4 Å². The highest BCUT2D eigenvalue weighted by Crippen LogP contribution is 2.50. The third-order valence-corrected chi connectivity index (χ3v) is 10.2. The molecule has 5 rings (SSSR count). The summed E-state index contributed by atoms with van der Waals surface area (Å²) in [5, 5.41) is 18.8. The maximum atomic E-state index is 15.9. The molecule has 3 N–H and O–H groups in total. The van der Waals surface area contributed by atoms with Gasteiger partial charge in [0.15, 0.2) is 29.4 Å². The van der Waals surface area contributed by atoms with E-state index in [1.165, 1.54) is 10.9 Å². The topological polar surface area (TPSA) is 142 Å². The van der Waals surface area contributed by atoms with Crippen LogP contribution in [0.1, 0.15) is 32.8 Å². The fraction of sp³-hybridized carbons (Fsp3) is 0.448. The monoisotopic (exact) mass is 680 g/mol. The van der Waals surface area contributed by atoms with E-state index in [-0.39, 0.29) is 12.0 Å². The summed E-state index contributed by atoms with van der Waals surface area (Å²) in [6, 6.07) is 12.0. The zero-order chi connectivity index (χ0) is 32.5. The maximum Gasteiger partial charge on any atom is 0.323 e. The van der Waals surface area contributed by atoms with E-state index in [4.69, 9.17) is 41.9 Å². The lowest BCUT2D eigenvalue weighted by atomic mass is 9.99. The van der Waals surface area contributed by atoms with Crippen LogP contribution < -0.4 is 14.9 Å². The van der Waals surface area contributed by atoms with Crippen LogP contribution in [0.25, 0.3) is 21.9 Å². The summed E-state index contributed by atoms with van der Waals surface area (Å²) in [7, 11) is 1.69. The highest BCUT2D eigenvalue weighted by molar-refractivity contribution is 8.09. The van der Waals surface area contributed by atoms with Crippen LogP contribution in [0, 0.1) is 6.92 Å². The summed E-state index contributed by atoms with van der Waals surface area (Å²) in [4.78, 5) is 25.8. The van der Waals surface area contributed by atoms with Gasteiger partial charge in [0.1, 0.15) is 29.3 Å². The van der Waals surface area contributed by atoms with E-state index in [9.17, 15) is 9.90 Å². The van der Waals surface area contributed by atoms with Gasteiger partial charge >= 0.3 is 12.6 Å². The lowest BCUT2D eigenvalue weighted by molar-refractivity contribution is -0.149. The van der Waals surface area contributed by atoms with Crippen molar-refractivity contribution in [3.05, 3.63) is 54.6 Å². The third-order valence-electron chi connectivity index (χ3n) is 7.24. The Labute approximate surface area is 269 Å². The Morgan fingerprint density at radius 3 is 2.69 bits per heavy atom. The SMILES string of the molecule is CNc1nc(C)nc2c1ncn2[C@@H]1O[C@](CCl)(CO[P@@](=S)(N[C@@H](C)C(=O)OC(C)C)Oc2cccc3ccccc23)[C@@H](O)[C@@H]1F. The Kier molecular flexibility index (Phi) is 9.95. The smallest absolute Gasteiger partial charge is 0.323 e. The lowest BCUT2D eigenvalue weighted by Gasteiger charge is -2.33. The lowest BCUT2D eigenvalue weighted by Crippen LogP contribution is -2.48. The first kappa shape index (κ1) is 33.4. The van der Waals surface area contributed by atoms with Crippen molar-refractivity contribution >= 4 is 63.8 Å². The number of alkyl halides is 2. The first-order valence-electron chi connectivity index (χ1n) is 14.3. The molecule has 1 aliphatic heterocycles. The van der Waals surface area contributed by atoms with Crippen molar-refractivity contribution in [2.45, 2.75) is 63.9 Å². The minimum atomic E-state index is -3.63. The molecule has 6 atom stereocenters. The number of anilines is 1. The number of aryl methyl sites for hydroxylation is 1. The Balaban J connectivity index is 1.45. The number of carbonyl (C=O) groups excluding carboxylic acids is 1. The van der Waals surface area contributed by atoms with Gasteiger partial charge in [0.25, 0.3) is 0 Å². The third kappa shape index (κ3) is 6.78. The average Bonchev–Trinajstić information content (AvgIpc) is 3.54. The van der Waals surface area contributed by atoms with Gasteiger partial charge < -0.3 is 28.9 Å². The molecule has 16 heteroatoms. The van der Waals surface area contributed by atoms with Gasteiger partial charge in [-0.1, -0.05) is 36.4 Å². The molecule has 0 unspecified atom stereocenters. The van der Waals surface area contributed by atoms with E-state index >= 15 is 4.39 Å². The van der Waals surface area contributed by atoms with Crippen molar-refractivity contribution in [2.24, 2.45) is 0 Å². The Morgan fingerprint density at radius 1 is 1.24 bits per heavy atom. The van der Waals surface area contributed by atoms with Crippen molar-refractivity contribution in [1.29, 1.82) is 0 Å². The molecule has 1 fully saturated rings. The van der Waals surface area contributed by atoms with Gasteiger partial charge in [0.2, 0.25) is 0 Å². The molecule has 0 bridgehead atoms. The number of benzene rings is 2. The molecule has 0 amide bonds. The Bertz CT molecular complexity index is 1740. The maximum absolute atomic E-state index is 15.9. The van der Waals surface area contributed by atoms with Crippen LogP contribution in [0.4, 0.5) is 10.2 Å². The van der Waals surface area contributed by atoms with Gasteiger partial charge in [0, 0.05) is 12.4 Å². The number of aliphatic hydroxyl groups excluding tert-OH is 1. The van der Waals surface area contributed by atoms with Crippen molar-refractivity contribution in [3.63, 3.8) is 0 Å². The highest BCUT2D eigenvalue weighted by Gasteiger charge is 2.57. The van der Waals surface area contributed by atoms with Crippen LogP contribution >= 0.6 is 18.2 Å². The molecule has 0 aliphatic carbocycles. The molecule has 1 saturated heterocycles. The summed E-state index contributed by atoms with van der Waals surface area (Å²) >= 11 is 12.3. The van der Waals surface area contributed by atoms with E-state index in [1.807, 2.05) is 30.3 Å². The molecular weight excluding hydrogens is 646 g/mol. The van der Waals surface area contributed by atoms with Gasteiger partial charge in [-0.15, -0.1) is 11.6 Å². The number of carbonyl (C=O) groups is 1. The van der Waals surface area contributed by atoms with E-state index in [1.54, 1.807) is 46.9 Å². The van der Waals surface area contributed by atoms with Crippen LogP contribution in [-0.2, 0) is 30.6 Å². The number of nitrogens with one attached hydrogen (secondary N) is 2. The largest absolute Gasteiger partial charge is 0.462 e. The molecule has 4 aromatic rings. The zero-order valence-electron chi connectivity index (χ0n) is 25.3. The first-order chi connectivity index (χ1) is 21.4. The summed E-state index contributed by atoms with van der Waals surface area (Å²) in [6.07, 6.45) is -4.02. The van der Waals surface area contributed by atoms with Crippen LogP contribution in [0.3, 0.4) is 0 Å². The zero-order valence-corrected chi connectivity index (χ0v) is 27.8. The molecule has 2 aromatic heterocycles. The molecule has 1 aliphatic rings. The fourth-order valence-corrected chi connectivity index (χ4v) is 7.74. The summed E-state index contributed by atoms with van der Waals surface area (Å²) < 4.78 is 41.3. The molecular formula is C29H35ClFN6O6PS. The molecule has 0 saturated carbocycles. The van der Waals surface area contributed by atoms with E-state index < -0.39 is 49.4 Å². The van der Waals surface area contributed by atoms with Crippen LogP contribution in [0.5, 0.6) is 5.75 Å². The second kappa shape index (κ2) is 13.4. The second-order valence-electron chi connectivity index (χ2n) is 11.0. The van der Waals surface area contributed by atoms with Crippen LogP contribution in [0.15, 0.2) is 48.8 Å². The number of hydrogen-bond acceptors (Lipinski definition) is 11. The average molecular weight is 681 g/mol. The predicted molar refractivity (Wildman–Crippen MR) is 173 cm³/mol. The minimum absolute atomic E-state index is 0.307. The first-order valence-corrected chi connectivity index (χ1v) is 17.4. The second-order valence-corrected chi connectivity index (χ2v) is 14.4. The van der Waals surface area contributed by atoms with Crippen molar-refractivity contribution in [3.8, 4) is 5.75 Å². The summed E-state index contributed by atoms with van der Waals surface area (Å²) in [5.41, 5.74) is -1.05. The molecule has 3 heterocycles. The number of imidazole rings is 1. The van der Waals surface area contributed by atoms with Crippen molar-refractivity contribution < 1.29 is 32.8 Å². The van der Waals surface area contributed by atoms with Crippen molar-refractivity contribution in [2.75, 3.05) is 24.9 Å². The van der Waals surface area contributed by atoms with Crippen LogP contribution in [-0.4, -0.2) is 80.2 Å². The number of rotatable bonds is 12. The Morgan fingerprint density at radius 2 is 1.98 bits per heavy atom. The standard InChI is InChI=1S/C29H35ClFN6O6PS/c1-16(2)41-28(39)17(3)36-44(45,43-21-12-8-10-19-9-6-7-11-20(19)21)40-14-29(13-30)24(38)22(31)27(42-29)37-15-33-23-25(32-5)34-18(4)35-26(23)37/h6-12,15-17,22,24,27,38H,13-14H2,1-5H3,(H,36,45)(H,32,34,35)/t17-,22-,24-,27+,29+,44-/m0/s1. The van der Waals surface area contributed by atoms with Crippen LogP contribution in [0.2, 0.25) is 0 Å². The number of nitrogens with zero attached hydrogens (tertiary/aromatic N) is 4. The summed E-state index contributed by atoms with van der Waals surface area (Å²) in [5.74, 6) is 0.365. The minimum Gasteiger partial charge on any atom is -0.462 e. The molecule has 242 valence electrons. The normalized spacial score (nSPS) is 23.7. The van der Waals surface area contributed by atoms with Gasteiger partial charge in [-0.2, -0.15) is 0 Å². The number of ether oxygens (including phenoxy) is 2. The number of aromatic nitrogens is 4. The molecule has 12 nitrogen and oxygen atoms in total. The molecule has 0 spiro atoms. The quantitative estimate of drug-likeness (QED) is 0.108. The Hall–Kier alpha value is -2.97. The molecule has 0 radical (unpaired) electrons. The number of esters is 1. The number of fused-ring (bicyclic) bond motifs is 2. The number of halogens is 2.